The van der Waals surface area contributed by atoms with Crippen LogP contribution in [0.4, 0.5) is 0 Å². The molecule has 1 unspecified atom stereocenters. The number of benzene rings is 1. The average molecular weight is 383 g/mol. The van der Waals surface area contributed by atoms with Crippen LogP contribution in [-0.2, 0) is 6.54 Å². The van der Waals surface area contributed by atoms with Crippen LogP contribution in [0, 0.1) is 0 Å². The first-order chi connectivity index (χ1) is 14.2. The second kappa shape index (κ2) is 6.87. The SMILES string of the molecule is O=C1c2[nH]nc(-c3ccccc3O)c2C(c2cccnc2)N1Cc1cccnc1. The van der Waals surface area contributed by atoms with Gasteiger partial charge in [0.25, 0.3) is 5.91 Å². The Balaban J connectivity index is 1.67. The molecule has 1 atom stereocenters. The molecule has 0 saturated carbocycles. The zero-order chi connectivity index (χ0) is 19.8. The summed E-state index contributed by atoms with van der Waals surface area (Å²) >= 11 is 0. The topological polar surface area (TPSA) is 95.0 Å². The van der Waals surface area contributed by atoms with Crippen molar-refractivity contribution in [3.8, 4) is 17.0 Å². The maximum atomic E-state index is 13.3. The highest BCUT2D eigenvalue weighted by Crippen LogP contribution is 2.44. The zero-order valence-corrected chi connectivity index (χ0v) is 15.4. The molecule has 4 heterocycles. The first kappa shape index (κ1) is 17.1. The Bertz CT molecular complexity index is 1170. The molecule has 0 aliphatic carbocycles. The fourth-order valence-electron chi connectivity index (χ4n) is 3.81. The highest BCUT2D eigenvalue weighted by atomic mass is 16.3. The van der Waals surface area contributed by atoms with Crippen LogP contribution in [0.15, 0.2) is 73.3 Å². The Morgan fingerprint density at radius 1 is 1.00 bits per heavy atom. The number of aromatic hydroxyl groups is 1. The number of nitrogens with zero attached hydrogens (tertiary/aromatic N) is 4. The molecule has 4 aromatic rings. The van der Waals surface area contributed by atoms with Crippen molar-refractivity contribution in [3.63, 3.8) is 0 Å². The van der Waals surface area contributed by atoms with E-state index in [2.05, 4.69) is 20.2 Å². The van der Waals surface area contributed by atoms with Crippen molar-refractivity contribution in [2.45, 2.75) is 12.6 Å². The van der Waals surface area contributed by atoms with Crippen molar-refractivity contribution in [2.24, 2.45) is 0 Å². The number of para-hydroxylation sites is 1. The van der Waals surface area contributed by atoms with Crippen molar-refractivity contribution < 1.29 is 9.90 Å². The molecular weight excluding hydrogens is 366 g/mol. The number of phenols is 1. The van der Waals surface area contributed by atoms with E-state index >= 15 is 0 Å². The molecule has 2 N–H and O–H groups in total. The molecule has 1 aromatic carbocycles. The number of fused-ring (bicyclic) bond motifs is 1. The summed E-state index contributed by atoms with van der Waals surface area (Å²) in [5, 5.41) is 17.6. The van der Waals surface area contributed by atoms with Gasteiger partial charge >= 0.3 is 0 Å². The number of aromatic nitrogens is 4. The number of nitrogens with one attached hydrogen (secondary N) is 1. The van der Waals surface area contributed by atoms with Gasteiger partial charge < -0.3 is 10.0 Å². The minimum Gasteiger partial charge on any atom is -0.507 e. The summed E-state index contributed by atoms with van der Waals surface area (Å²) in [5.74, 6) is -0.0308. The van der Waals surface area contributed by atoms with E-state index in [-0.39, 0.29) is 17.7 Å². The minimum absolute atomic E-state index is 0.116. The number of hydrogen-bond acceptors (Lipinski definition) is 5. The van der Waals surface area contributed by atoms with Crippen molar-refractivity contribution in [1.29, 1.82) is 0 Å². The van der Waals surface area contributed by atoms with Gasteiger partial charge in [-0.2, -0.15) is 5.10 Å². The van der Waals surface area contributed by atoms with Crippen molar-refractivity contribution in [1.82, 2.24) is 25.1 Å². The third-order valence-corrected chi connectivity index (χ3v) is 5.10. The van der Waals surface area contributed by atoms with Gasteiger partial charge in [0.15, 0.2) is 0 Å². The Morgan fingerprint density at radius 3 is 2.52 bits per heavy atom. The zero-order valence-electron chi connectivity index (χ0n) is 15.4. The lowest BCUT2D eigenvalue weighted by Gasteiger charge is -2.26. The van der Waals surface area contributed by atoms with Crippen LogP contribution in [0.5, 0.6) is 5.75 Å². The van der Waals surface area contributed by atoms with E-state index < -0.39 is 0 Å². The van der Waals surface area contributed by atoms with Gasteiger partial charge in [-0.25, -0.2) is 0 Å². The van der Waals surface area contributed by atoms with Gasteiger partial charge in [0.1, 0.15) is 17.1 Å². The van der Waals surface area contributed by atoms with Gasteiger partial charge in [0, 0.05) is 42.5 Å². The molecule has 1 amide bonds. The summed E-state index contributed by atoms with van der Waals surface area (Å²) in [7, 11) is 0. The molecule has 1 aliphatic heterocycles. The largest absolute Gasteiger partial charge is 0.507 e. The summed E-state index contributed by atoms with van der Waals surface area (Å²) in [6.45, 7) is 0.398. The molecule has 7 nitrogen and oxygen atoms in total. The van der Waals surface area contributed by atoms with Gasteiger partial charge in [-0.1, -0.05) is 24.3 Å². The molecule has 0 fully saturated rings. The van der Waals surface area contributed by atoms with Gasteiger partial charge in [-0.05, 0) is 35.4 Å². The molecule has 7 heteroatoms. The van der Waals surface area contributed by atoms with E-state index in [0.29, 0.717) is 23.5 Å². The van der Waals surface area contributed by atoms with E-state index in [4.69, 9.17) is 0 Å². The van der Waals surface area contributed by atoms with Crippen LogP contribution < -0.4 is 0 Å². The fraction of sp³-hybridized carbons (Fsp3) is 0.0909. The molecule has 5 rings (SSSR count). The summed E-state index contributed by atoms with van der Waals surface area (Å²) in [6, 6.07) is 14.2. The van der Waals surface area contributed by atoms with Crippen molar-refractivity contribution in [2.75, 3.05) is 0 Å². The van der Waals surface area contributed by atoms with Gasteiger partial charge in [-0.15, -0.1) is 0 Å². The summed E-state index contributed by atoms with van der Waals surface area (Å²) in [5.41, 5.74) is 4.12. The Labute approximate surface area is 166 Å². The third kappa shape index (κ3) is 2.84. The number of pyridine rings is 2. The lowest BCUT2D eigenvalue weighted by molar-refractivity contribution is 0.0729. The minimum atomic E-state index is -0.375. The van der Waals surface area contributed by atoms with E-state index in [1.165, 1.54) is 0 Å². The van der Waals surface area contributed by atoms with E-state index in [1.807, 2.05) is 30.3 Å². The normalized spacial score (nSPS) is 15.5. The Kier molecular flexibility index (Phi) is 4.05. The van der Waals surface area contributed by atoms with Gasteiger partial charge in [0.2, 0.25) is 0 Å². The molecule has 0 bridgehead atoms. The fourth-order valence-corrected chi connectivity index (χ4v) is 3.81. The molecule has 0 spiro atoms. The predicted octanol–water partition coefficient (Wildman–Crippen LogP) is 3.32. The van der Waals surface area contributed by atoms with Gasteiger partial charge in [0.05, 0.1) is 6.04 Å². The van der Waals surface area contributed by atoms with Crippen LogP contribution in [-0.4, -0.2) is 36.1 Å². The number of carbonyl (C=O) groups excluding carboxylic acids is 1. The molecule has 1 aliphatic rings. The molecule has 142 valence electrons. The number of phenolic OH excluding ortho intramolecular Hbond substituents is 1. The number of hydrogen-bond donors (Lipinski definition) is 2. The molecular formula is C22H17N5O2. The maximum Gasteiger partial charge on any atom is 0.273 e. The van der Waals surface area contributed by atoms with Gasteiger partial charge in [-0.3, -0.25) is 19.9 Å². The summed E-state index contributed by atoms with van der Waals surface area (Å²) < 4.78 is 0. The Morgan fingerprint density at radius 2 is 1.79 bits per heavy atom. The summed E-state index contributed by atoms with van der Waals surface area (Å²) in [6.07, 6.45) is 6.91. The van der Waals surface area contributed by atoms with Crippen molar-refractivity contribution in [3.05, 3.63) is 95.7 Å². The number of amides is 1. The number of H-pyrrole nitrogens is 1. The second-order valence-electron chi connectivity index (χ2n) is 6.86. The lowest BCUT2D eigenvalue weighted by Crippen LogP contribution is -2.29. The predicted molar refractivity (Wildman–Crippen MR) is 106 cm³/mol. The first-order valence-electron chi connectivity index (χ1n) is 9.20. The smallest absolute Gasteiger partial charge is 0.273 e. The highest BCUT2D eigenvalue weighted by molar-refractivity contribution is 6.00. The number of rotatable bonds is 4. The third-order valence-electron chi connectivity index (χ3n) is 5.10. The van der Waals surface area contributed by atoms with Crippen LogP contribution in [0.25, 0.3) is 11.3 Å². The molecule has 29 heavy (non-hydrogen) atoms. The highest BCUT2D eigenvalue weighted by Gasteiger charge is 2.42. The van der Waals surface area contributed by atoms with Crippen LogP contribution in [0.3, 0.4) is 0 Å². The Hall–Kier alpha value is -4.00. The first-order valence-corrected chi connectivity index (χ1v) is 9.20. The van der Waals surface area contributed by atoms with Crippen LogP contribution in [0.1, 0.15) is 33.2 Å². The monoisotopic (exact) mass is 383 g/mol. The van der Waals surface area contributed by atoms with E-state index in [9.17, 15) is 9.90 Å². The standard InChI is InChI=1S/C22H17N5O2/c28-17-8-2-1-7-16(17)19-18-20(26-25-19)22(29)27(13-14-5-3-9-23-11-14)21(18)15-6-4-10-24-12-15/h1-12,21,28H,13H2,(H,25,26). The second-order valence-corrected chi connectivity index (χ2v) is 6.86. The number of aromatic amines is 1. The maximum absolute atomic E-state index is 13.3. The quantitative estimate of drug-likeness (QED) is 0.564. The van der Waals surface area contributed by atoms with E-state index in [0.717, 1.165) is 16.7 Å². The van der Waals surface area contributed by atoms with Crippen molar-refractivity contribution >= 4 is 5.91 Å². The lowest BCUT2D eigenvalue weighted by atomic mass is 9.96. The molecule has 3 aromatic heterocycles. The van der Waals surface area contributed by atoms with E-state index in [1.54, 1.807) is 47.9 Å². The average Bonchev–Trinajstić information content (AvgIpc) is 3.29. The van der Waals surface area contributed by atoms with Crippen LogP contribution in [0.2, 0.25) is 0 Å². The van der Waals surface area contributed by atoms with Crippen LogP contribution >= 0.6 is 0 Å². The molecule has 0 radical (unpaired) electrons. The summed E-state index contributed by atoms with van der Waals surface area (Å²) in [4.78, 5) is 23.4. The molecule has 0 saturated heterocycles. The number of carbonyl (C=O) groups is 1.